The van der Waals surface area contributed by atoms with Crippen LogP contribution in [0.1, 0.15) is 5.56 Å². The zero-order valence-electron chi connectivity index (χ0n) is 13.4. The third kappa shape index (κ3) is 4.13. The molecular weight excluding hydrogens is 346 g/mol. The number of H-pyrrole nitrogens is 1. The molecule has 1 fully saturated rings. The number of benzene rings is 1. The number of primary sulfonamides is 1. The van der Waals surface area contributed by atoms with E-state index < -0.39 is 10.0 Å². The number of aromatic nitrogens is 2. The highest BCUT2D eigenvalue weighted by atomic mass is 32.2. The second-order valence-electron chi connectivity index (χ2n) is 5.50. The van der Waals surface area contributed by atoms with Gasteiger partial charge in [-0.15, -0.1) is 5.11 Å². The topological polar surface area (TPSA) is 152 Å². The lowest BCUT2D eigenvalue weighted by Gasteiger charge is -2.26. The van der Waals surface area contributed by atoms with E-state index in [1.807, 2.05) is 4.90 Å². The van der Waals surface area contributed by atoms with Crippen LogP contribution < -0.4 is 15.8 Å². The molecule has 0 radical (unpaired) electrons. The average molecular weight is 365 g/mol. The van der Waals surface area contributed by atoms with Crippen molar-refractivity contribution in [3.8, 4) is 0 Å². The minimum absolute atomic E-state index is 0.0389. The molecule has 2 heterocycles. The number of hydrogen-bond donors (Lipinski definition) is 3. The third-order valence-electron chi connectivity index (χ3n) is 3.71. The van der Waals surface area contributed by atoms with Crippen LogP contribution in [0, 0.1) is 0 Å². The number of ether oxygens (including phenoxy) is 1. The number of azo groups is 1. The highest BCUT2D eigenvalue weighted by Crippen LogP contribution is 2.32. The van der Waals surface area contributed by atoms with Gasteiger partial charge in [0.25, 0.3) is 0 Å². The molecule has 0 spiro atoms. The number of nitrogens with one attached hydrogen (secondary N) is 1. The SMILES string of the molecule is Nc1[nH]nc(N2CCOCC2)c1N=NCc1cccc(S(N)(=O)=O)c1. The van der Waals surface area contributed by atoms with Crippen molar-refractivity contribution in [1.29, 1.82) is 0 Å². The van der Waals surface area contributed by atoms with Gasteiger partial charge in [0.2, 0.25) is 10.0 Å². The fraction of sp³-hybridized carbons (Fsp3) is 0.357. The summed E-state index contributed by atoms with van der Waals surface area (Å²) in [5.41, 5.74) is 7.02. The standard InChI is InChI=1S/C14H19N7O3S/c15-13-12(14(20-19-13)21-4-6-24-7-5-21)18-17-9-10-2-1-3-11(8-10)25(16,22)23/h1-3,8H,4-7,9H2,(H3,15,19,20)(H2,16,22,23). The van der Waals surface area contributed by atoms with E-state index in [4.69, 9.17) is 15.6 Å². The van der Waals surface area contributed by atoms with Gasteiger partial charge in [-0.3, -0.25) is 5.10 Å². The molecule has 0 atom stereocenters. The Morgan fingerprint density at radius 2 is 2.08 bits per heavy atom. The maximum absolute atomic E-state index is 11.4. The van der Waals surface area contributed by atoms with Crippen LogP contribution in [-0.2, 0) is 21.3 Å². The molecule has 3 rings (SSSR count). The molecule has 1 aromatic heterocycles. The van der Waals surface area contributed by atoms with Gasteiger partial charge in [-0.1, -0.05) is 12.1 Å². The van der Waals surface area contributed by atoms with E-state index in [9.17, 15) is 8.42 Å². The number of anilines is 2. The van der Waals surface area contributed by atoms with Gasteiger partial charge in [-0.2, -0.15) is 10.2 Å². The van der Waals surface area contributed by atoms with Crippen LogP contribution in [0.15, 0.2) is 39.4 Å². The first-order valence-electron chi connectivity index (χ1n) is 7.61. The summed E-state index contributed by atoms with van der Waals surface area (Å²) < 4.78 is 28.1. The molecule has 1 saturated heterocycles. The molecule has 5 N–H and O–H groups in total. The molecule has 0 saturated carbocycles. The van der Waals surface area contributed by atoms with E-state index in [1.54, 1.807) is 12.1 Å². The number of nitrogens with two attached hydrogens (primary N) is 2. The molecule has 1 aliphatic heterocycles. The van der Waals surface area contributed by atoms with Crippen LogP contribution in [0.2, 0.25) is 0 Å². The Bertz CT molecular complexity index is 872. The Labute approximate surface area is 144 Å². The second-order valence-corrected chi connectivity index (χ2v) is 7.06. The van der Waals surface area contributed by atoms with E-state index in [2.05, 4.69) is 20.4 Å². The zero-order chi connectivity index (χ0) is 17.9. The molecule has 0 unspecified atom stereocenters. The third-order valence-corrected chi connectivity index (χ3v) is 4.62. The Balaban J connectivity index is 1.76. The van der Waals surface area contributed by atoms with Crippen LogP contribution in [-0.4, -0.2) is 44.9 Å². The Morgan fingerprint density at radius 3 is 2.80 bits per heavy atom. The average Bonchev–Trinajstić information content (AvgIpc) is 2.96. The first kappa shape index (κ1) is 17.3. The molecule has 1 aliphatic rings. The summed E-state index contributed by atoms with van der Waals surface area (Å²) in [6.45, 7) is 2.82. The monoisotopic (exact) mass is 365 g/mol. The number of nitrogens with zero attached hydrogens (tertiary/aromatic N) is 4. The van der Waals surface area contributed by atoms with Gasteiger partial charge in [0.1, 0.15) is 5.82 Å². The summed E-state index contributed by atoms with van der Waals surface area (Å²) in [5.74, 6) is 0.950. The van der Waals surface area contributed by atoms with Crippen molar-refractivity contribution in [2.45, 2.75) is 11.4 Å². The van der Waals surface area contributed by atoms with E-state index in [0.717, 1.165) is 0 Å². The van der Waals surface area contributed by atoms with Gasteiger partial charge in [0.15, 0.2) is 11.5 Å². The summed E-state index contributed by atoms with van der Waals surface area (Å²) in [6, 6.07) is 6.25. The fourth-order valence-corrected chi connectivity index (χ4v) is 3.03. The smallest absolute Gasteiger partial charge is 0.238 e. The van der Waals surface area contributed by atoms with Gasteiger partial charge in [0.05, 0.1) is 24.7 Å². The van der Waals surface area contributed by atoms with Gasteiger partial charge in [-0.25, -0.2) is 13.6 Å². The predicted octanol–water partition coefficient (Wildman–Crippen LogP) is 0.760. The van der Waals surface area contributed by atoms with E-state index >= 15 is 0 Å². The Hall–Kier alpha value is -2.50. The predicted molar refractivity (Wildman–Crippen MR) is 92.1 cm³/mol. The summed E-state index contributed by atoms with van der Waals surface area (Å²) in [4.78, 5) is 2.06. The lowest BCUT2D eigenvalue weighted by Crippen LogP contribution is -2.36. The minimum atomic E-state index is -3.75. The van der Waals surface area contributed by atoms with Gasteiger partial charge >= 0.3 is 0 Å². The molecule has 0 amide bonds. The molecule has 25 heavy (non-hydrogen) atoms. The molecule has 0 bridgehead atoms. The van der Waals surface area contributed by atoms with Crippen molar-refractivity contribution in [2.24, 2.45) is 15.4 Å². The summed E-state index contributed by atoms with van der Waals surface area (Å²) in [5, 5.41) is 20.3. The lowest BCUT2D eigenvalue weighted by molar-refractivity contribution is 0.122. The Kier molecular flexibility index (Phi) is 4.97. The Morgan fingerprint density at radius 1 is 1.32 bits per heavy atom. The number of rotatable bonds is 5. The number of nitrogen functional groups attached to an aromatic ring is 1. The van der Waals surface area contributed by atoms with Crippen molar-refractivity contribution < 1.29 is 13.2 Å². The summed E-state index contributed by atoms with van der Waals surface area (Å²) in [6.07, 6.45) is 0. The zero-order valence-corrected chi connectivity index (χ0v) is 14.2. The second kappa shape index (κ2) is 7.17. The molecule has 11 heteroatoms. The first-order valence-corrected chi connectivity index (χ1v) is 9.15. The quantitative estimate of drug-likeness (QED) is 0.665. The number of morpholine rings is 1. The fourth-order valence-electron chi connectivity index (χ4n) is 2.44. The van der Waals surface area contributed by atoms with E-state index in [1.165, 1.54) is 12.1 Å². The lowest BCUT2D eigenvalue weighted by atomic mass is 10.2. The van der Waals surface area contributed by atoms with Gasteiger partial charge in [0, 0.05) is 13.1 Å². The number of sulfonamides is 1. The van der Waals surface area contributed by atoms with E-state index in [0.29, 0.717) is 49.2 Å². The highest BCUT2D eigenvalue weighted by molar-refractivity contribution is 7.89. The van der Waals surface area contributed by atoms with Crippen molar-refractivity contribution in [1.82, 2.24) is 10.2 Å². The maximum atomic E-state index is 11.4. The van der Waals surface area contributed by atoms with Gasteiger partial charge < -0.3 is 15.4 Å². The van der Waals surface area contributed by atoms with Crippen molar-refractivity contribution in [3.63, 3.8) is 0 Å². The first-order chi connectivity index (χ1) is 11.9. The number of aromatic amines is 1. The summed E-state index contributed by atoms with van der Waals surface area (Å²) in [7, 11) is -3.75. The van der Waals surface area contributed by atoms with E-state index in [-0.39, 0.29) is 11.4 Å². The molecule has 10 nitrogen and oxygen atoms in total. The molecular formula is C14H19N7O3S. The maximum Gasteiger partial charge on any atom is 0.238 e. The molecule has 0 aliphatic carbocycles. The normalized spacial score (nSPS) is 15.8. The molecule has 1 aromatic carbocycles. The van der Waals surface area contributed by atoms with Crippen molar-refractivity contribution in [3.05, 3.63) is 29.8 Å². The van der Waals surface area contributed by atoms with Crippen LogP contribution >= 0.6 is 0 Å². The summed E-state index contributed by atoms with van der Waals surface area (Å²) >= 11 is 0. The minimum Gasteiger partial charge on any atom is -0.382 e. The van der Waals surface area contributed by atoms with Crippen molar-refractivity contribution >= 4 is 27.3 Å². The number of hydrogen-bond acceptors (Lipinski definition) is 8. The highest BCUT2D eigenvalue weighted by Gasteiger charge is 2.20. The largest absolute Gasteiger partial charge is 0.382 e. The van der Waals surface area contributed by atoms with Crippen LogP contribution in [0.5, 0.6) is 0 Å². The van der Waals surface area contributed by atoms with Crippen molar-refractivity contribution in [2.75, 3.05) is 36.9 Å². The van der Waals surface area contributed by atoms with Crippen LogP contribution in [0.25, 0.3) is 0 Å². The van der Waals surface area contributed by atoms with Crippen LogP contribution in [0.4, 0.5) is 17.3 Å². The van der Waals surface area contributed by atoms with Crippen LogP contribution in [0.3, 0.4) is 0 Å². The molecule has 134 valence electrons. The molecule has 2 aromatic rings. The van der Waals surface area contributed by atoms with Gasteiger partial charge in [-0.05, 0) is 17.7 Å².